The van der Waals surface area contributed by atoms with Gasteiger partial charge in [-0.3, -0.25) is 0 Å². The van der Waals surface area contributed by atoms with Crippen molar-refractivity contribution in [2.75, 3.05) is 0 Å². The van der Waals surface area contributed by atoms with Crippen LogP contribution >= 0.6 is 0 Å². The van der Waals surface area contributed by atoms with E-state index in [-0.39, 0.29) is 24.8 Å². The predicted molar refractivity (Wildman–Crippen MR) is 207 cm³/mol. The van der Waals surface area contributed by atoms with Crippen molar-refractivity contribution in [1.29, 1.82) is 0 Å². The molecule has 8 aromatic carbocycles. The Morgan fingerprint density at radius 3 is 1.12 bits per heavy atom. The van der Waals surface area contributed by atoms with Gasteiger partial charge in [0.25, 0.3) is 0 Å². The first-order valence-electron chi connectivity index (χ1n) is 16.8. The van der Waals surface area contributed by atoms with Crippen molar-refractivity contribution in [3.8, 4) is 22.3 Å². The van der Waals surface area contributed by atoms with E-state index in [0.717, 1.165) is 12.8 Å². The zero-order valence-corrected chi connectivity index (χ0v) is 33.5. The van der Waals surface area contributed by atoms with Crippen LogP contribution in [0, 0.1) is 0 Å². The van der Waals surface area contributed by atoms with Crippen LogP contribution in [0.1, 0.15) is 25.0 Å². The molecule has 0 fully saturated rings. The van der Waals surface area contributed by atoms with Gasteiger partial charge >= 0.3 is 99.8 Å². The maximum atomic E-state index is 2.32. The monoisotopic (exact) mass is 780 g/mol. The molecule has 0 nitrogen and oxygen atoms in total. The van der Waals surface area contributed by atoms with Crippen LogP contribution in [0.2, 0.25) is 0 Å². The molecule has 0 aliphatic carbocycles. The minimum absolute atomic E-state index is 0. The van der Waals surface area contributed by atoms with Gasteiger partial charge in [0, 0.05) is 0 Å². The molecule has 0 N–H and O–H groups in total. The molecule has 0 radical (unpaired) electrons. The fourth-order valence-electron chi connectivity index (χ4n) is 6.12. The molecule has 0 bridgehead atoms. The molecule has 0 aliphatic heterocycles. The molecule has 248 valence electrons. The zero-order chi connectivity index (χ0) is 33.1. The predicted octanol–water partition coefficient (Wildman–Crippen LogP) is 4.92. The first kappa shape index (κ1) is 39.0. The second-order valence-electron chi connectivity index (χ2n) is 11.9. The van der Waals surface area contributed by atoms with Crippen LogP contribution in [-0.2, 0) is 36.2 Å². The summed E-state index contributed by atoms with van der Waals surface area (Å²) >= 11 is 1.64. The molecule has 0 atom stereocenters. The van der Waals surface area contributed by atoms with Gasteiger partial charge in [-0.2, -0.15) is 12.1 Å². The Morgan fingerprint density at radius 1 is 0.440 bits per heavy atom. The van der Waals surface area contributed by atoms with E-state index >= 15 is 0 Å². The summed E-state index contributed by atoms with van der Waals surface area (Å²) in [5.74, 6) is 0. The molecule has 0 amide bonds. The Bertz CT molecular complexity index is 2040. The van der Waals surface area contributed by atoms with Crippen molar-refractivity contribution in [3.05, 3.63) is 193 Å². The number of benzene rings is 6. The van der Waals surface area contributed by atoms with Gasteiger partial charge in [0.1, 0.15) is 0 Å². The van der Waals surface area contributed by atoms with Crippen molar-refractivity contribution in [3.63, 3.8) is 0 Å². The first-order chi connectivity index (χ1) is 23.6. The Balaban J connectivity index is 0.000000166. The summed E-state index contributed by atoms with van der Waals surface area (Å²) < 4.78 is 0. The number of aryl methyl sites for hydroxylation is 2. The molecule has 4 heteroatoms. The third-order valence-electron chi connectivity index (χ3n) is 8.73. The molecule has 0 saturated carbocycles. The van der Waals surface area contributed by atoms with Gasteiger partial charge in [-0.25, -0.2) is 0 Å². The van der Waals surface area contributed by atoms with E-state index in [1.165, 1.54) is 65.3 Å². The Labute approximate surface area is 325 Å². The normalized spacial score (nSPS) is 10.2. The van der Waals surface area contributed by atoms with Gasteiger partial charge < -0.3 is 24.8 Å². The van der Waals surface area contributed by atoms with E-state index in [1.807, 2.05) is 0 Å². The quantitative estimate of drug-likeness (QED) is 0.166. The van der Waals surface area contributed by atoms with Crippen molar-refractivity contribution in [1.82, 2.24) is 0 Å². The number of rotatable bonds is 6. The molecule has 0 spiro atoms. The summed E-state index contributed by atoms with van der Waals surface area (Å²) in [5, 5.41) is 8.47. The molecule has 0 aliphatic rings. The van der Waals surface area contributed by atoms with Gasteiger partial charge in [-0.15, -0.1) is 69.1 Å². The molecule has 0 aromatic heterocycles. The Morgan fingerprint density at radius 2 is 0.780 bits per heavy atom. The van der Waals surface area contributed by atoms with Gasteiger partial charge in [0.15, 0.2) is 0 Å². The van der Waals surface area contributed by atoms with Gasteiger partial charge in [0.2, 0.25) is 0 Å². The SMILES string of the molecule is CCc1cc2c(-c3ccccc3)cccc2[cH-]1.CCc1cc2c(-c3ccccc3)cccc2[cH-]1.[Cl-].[Cl-].[Zr+2]=[Si](c1ccccc1)c1ccccc1. The second kappa shape index (κ2) is 19.6. The molecule has 8 aromatic rings. The summed E-state index contributed by atoms with van der Waals surface area (Å²) in [7, 11) is 0. The number of halogens is 2. The van der Waals surface area contributed by atoms with Crippen LogP contribution in [0.5, 0.6) is 0 Å². The number of hydrogen-bond acceptors (Lipinski definition) is 0. The van der Waals surface area contributed by atoms with Crippen LogP contribution in [0.4, 0.5) is 0 Å². The van der Waals surface area contributed by atoms with Gasteiger partial charge in [-0.1, -0.05) is 97.8 Å². The Kier molecular flexibility index (Phi) is 15.3. The molecule has 50 heavy (non-hydrogen) atoms. The van der Waals surface area contributed by atoms with E-state index in [2.05, 4.69) is 196 Å². The third-order valence-corrected chi connectivity index (χ3v) is 14.8. The van der Waals surface area contributed by atoms with Crippen LogP contribution in [0.25, 0.3) is 43.8 Å². The van der Waals surface area contributed by atoms with E-state index in [1.54, 1.807) is 23.3 Å². The summed E-state index contributed by atoms with van der Waals surface area (Å²) in [6.45, 7) is 4.41. The molecule has 8 rings (SSSR count). The summed E-state index contributed by atoms with van der Waals surface area (Å²) in [5.41, 5.74) is 7.65. The number of hydrogen-bond donors (Lipinski definition) is 0. The average Bonchev–Trinajstić information content (AvgIpc) is 3.81. The molecule has 0 unspecified atom stereocenters. The summed E-state index contributed by atoms with van der Waals surface area (Å²) in [4.78, 5) is 0. The van der Waals surface area contributed by atoms with Crippen molar-refractivity contribution in [2.45, 2.75) is 26.7 Å². The van der Waals surface area contributed by atoms with E-state index in [9.17, 15) is 0 Å². The molecule has 0 saturated heterocycles. The number of fused-ring (bicyclic) bond motifs is 2. The fraction of sp³-hybridized carbons (Fsp3) is 0.0870. The van der Waals surface area contributed by atoms with E-state index in [0.29, 0.717) is 0 Å². The standard InChI is InChI=1S/2C17H15.C12H10Si.2ClH.Zr/c2*1-2-13-11-15-9-6-10-16(17(15)12-13)14-7-4-3-5-8-14;1-3-7-11(8-4-1)13-12-9-5-2-6-10-12;;;/h2*3-12H,2H2,1H3;1-10H;2*1H;/q2*-1;;;;+2/p-2. The Hall–Kier alpha value is -3.78. The van der Waals surface area contributed by atoms with Crippen molar-refractivity contribution >= 4 is 37.4 Å². The van der Waals surface area contributed by atoms with Crippen LogP contribution in [0.3, 0.4) is 0 Å². The second-order valence-corrected chi connectivity index (χ2v) is 17.5. The molecular weight excluding hydrogens is 743 g/mol. The van der Waals surface area contributed by atoms with Crippen LogP contribution < -0.4 is 35.2 Å². The molecular formula is C46H40Cl2SiZr-2. The summed E-state index contributed by atoms with van der Waals surface area (Å²) in [6.07, 6.45) is 2.20. The third kappa shape index (κ3) is 9.71. The van der Waals surface area contributed by atoms with Gasteiger partial charge in [-0.05, 0) is 24.0 Å². The van der Waals surface area contributed by atoms with Crippen molar-refractivity contribution < 1.29 is 48.1 Å². The topological polar surface area (TPSA) is 0 Å². The van der Waals surface area contributed by atoms with Crippen LogP contribution in [0.15, 0.2) is 182 Å². The first-order valence-corrected chi connectivity index (χ1v) is 22.0. The maximum absolute atomic E-state index is 2.32. The summed E-state index contributed by atoms with van der Waals surface area (Å²) in [6, 6.07) is 65.2. The minimum atomic E-state index is -0.455. The average molecular weight is 783 g/mol. The fourth-order valence-corrected chi connectivity index (χ4v) is 9.96. The van der Waals surface area contributed by atoms with Gasteiger partial charge in [0.05, 0.1) is 0 Å². The zero-order valence-electron chi connectivity index (χ0n) is 28.5. The van der Waals surface area contributed by atoms with Crippen LogP contribution in [-0.4, -0.2) is 5.43 Å². The van der Waals surface area contributed by atoms with E-state index < -0.39 is 5.43 Å². The van der Waals surface area contributed by atoms with E-state index in [4.69, 9.17) is 0 Å². The molecule has 0 heterocycles. The van der Waals surface area contributed by atoms with Crippen molar-refractivity contribution in [2.24, 2.45) is 0 Å².